The molecule has 3 heteroatoms. The minimum Gasteiger partial charge on any atom is -0.357 e. The van der Waals surface area contributed by atoms with Crippen LogP contribution in [0.1, 0.15) is 5.56 Å². The van der Waals surface area contributed by atoms with Gasteiger partial charge in [0.2, 0.25) is 5.91 Å². The number of nitrogens with one attached hydrogen (secondary N) is 2. The van der Waals surface area contributed by atoms with E-state index in [0.717, 1.165) is 11.4 Å². The van der Waals surface area contributed by atoms with Crippen LogP contribution in [0.3, 0.4) is 0 Å². The number of anilines is 1. The number of hydrogen-bond acceptors (Lipinski definition) is 2. The smallest absolute Gasteiger partial charge is 0.246 e. The SMILES string of the molecule is Cc1ccc(NC2=CC(=O)NC2)cc1. The lowest BCUT2D eigenvalue weighted by Gasteiger charge is -2.06. The van der Waals surface area contributed by atoms with Gasteiger partial charge in [-0.3, -0.25) is 4.79 Å². The maximum absolute atomic E-state index is 10.9. The normalized spacial score (nSPS) is 14.9. The molecule has 14 heavy (non-hydrogen) atoms. The Balaban J connectivity index is 2.08. The largest absolute Gasteiger partial charge is 0.357 e. The molecule has 1 amide bonds. The molecule has 0 atom stereocenters. The molecular weight excluding hydrogens is 176 g/mol. The summed E-state index contributed by atoms with van der Waals surface area (Å²) in [5.74, 6) is -0.0281. The van der Waals surface area contributed by atoms with Crippen LogP contribution in [0.2, 0.25) is 0 Å². The first-order chi connectivity index (χ1) is 6.74. The standard InChI is InChI=1S/C11H12N2O/c1-8-2-4-9(5-3-8)13-10-6-11(14)12-7-10/h2-6,13H,7H2,1H3,(H,12,14). The molecule has 1 aliphatic heterocycles. The summed E-state index contributed by atoms with van der Waals surface area (Å²) in [7, 11) is 0. The van der Waals surface area contributed by atoms with E-state index in [4.69, 9.17) is 0 Å². The van der Waals surface area contributed by atoms with Gasteiger partial charge in [-0.1, -0.05) is 17.7 Å². The summed E-state index contributed by atoms with van der Waals surface area (Å²) >= 11 is 0. The summed E-state index contributed by atoms with van der Waals surface area (Å²) in [6, 6.07) is 8.07. The molecule has 1 heterocycles. The van der Waals surface area contributed by atoms with Crippen LogP contribution in [0.4, 0.5) is 5.69 Å². The third-order valence-electron chi connectivity index (χ3n) is 2.11. The number of carbonyl (C=O) groups is 1. The molecule has 0 bridgehead atoms. The molecule has 1 aromatic rings. The monoisotopic (exact) mass is 188 g/mol. The predicted octanol–water partition coefficient (Wildman–Crippen LogP) is 1.42. The molecule has 0 aromatic heterocycles. The van der Waals surface area contributed by atoms with E-state index in [-0.39, 0.29) is 5.91 Å². The van der Waals surface area contributed by atoms with Gasteiger partial charge in [0.05, 0.1) is 6.54 Å². The molecule has 0 saturated carbocycles. The third-order valence-corrected chi connectivity index (χ3v) is 2.11. The van der Waals surface area contributed by atoms with E-state index in [1.54, 1.807) is 6.08 Å². The molecule has 0 unspecified atom stereocenters. The second-order valence-corrected chi connectivity index (χ2v) is 3.38. The molecule has 0 spiro atoms. The summed E-state index contributed by atoms with van der Waals surface area (Å²) in [5, 5.41) is 5.88. The molecule has 1 aliphatic rings. The van der Waals surface area contributed by atoms with Crippen molar-refractivity contribution in [2.75, 3.05) is 11.9 Å². The van der Waals surface area contributed by atoms with Gasteiger partial charge in [-0.2, -0.15) is 0 Å². The minimum atomic E-state index is -0.0281. The molecule has 0 saturated heterocycles. The Morgan fingerprint density at radius 2 is 2.00 bits per heavy atom. The van der Waals surface area contributed by atoms with Crippen LogP contribution in [0.15, 0.2) is 36.0 Å². The molecule has 0 fully saturated rings. The van der Waals surface area contributed by atoms with Crippen molar-refractivity contribution in [3.63, 3.8) is 0 Å². The summed E-state index contributed by atoms with van der Waals surface area (Å²) in [6.45, 7) is 2.64. The molecule has 2 rings (SSSR count). The quantitative estimate of drug-likeness (QED) is 0.737. The fourth-order valence-electron chi connectivity index (χ4n) is 1.35. The van der Waals surface area contributed by atoms with Gasteiger partial charge >= 0.3 is 0 Å². The second-order valence-electron chi connectivity index (χ2n) is 3.38. The van der Waals surface area contributed by atoms with Crippen molar-refractivity contribution in [3.8, 4) is 0 Å². The van der Waals surface area contributed by atoms with Crippen LogP contribution in [0.5, 0.6) is 0 Å². The molecular formula is C11H12N2O. The minimum absolute atomic E-state index is 0.0281. The first-order valence-corrected chi connectivity index (χ1v) is 4.56. The summed E-state index contributed by atoms with van der Waals surface area (Å²) < 4.78 is 0. The number of aryl methyl sites for hydroxylation is 1. The number of hydrogen-bond donors (Lipinski definition) is 2. The van der Waals surface area contributed by atoms with Crippen molar-refractivity contribution >= 4 is 11.6 Å². The van der Waals surface area contributed by atoms with Crippen molar-refractivity contribution in [3.05, 3.63) is 41.6 Å². The molecule has 1 aromatic carbocycles. The topological polar surface area (TPSA) is 41.1 Å². The Hall–Kier alpha value is -1.77. The van der Waals surface area contributed by atoms with Crippen molar-refractivity contribution in [2.45, 2.75) is 6.92 Å². The first-order valence-electron chi connectivity index (χ1n) is 4.56. The van der Waals surface area contributed by atoms with E-state index in [1.165, 1.54) is 5.56 Å². The average Bonchev–Trinajstić information content (AvgIpc) is 2.56. The van der Waals surface area contributed by atoms with E-state index in [1.807, 2.05) is 31.2 Å². The van der Waals surface area contributed by atoms with E-state index >= 15 is 0 Å². The number of amides is 1. The summed E-state index contributed by atoms with van der Waals surface area (Å²) in [4.78, 5) is 10.9. The summed E-state index contributed by atoms with van der Waals surface area (Å²) in [5.41, 5.74) is 3.15. The van der Waals surface area contributed by atoms with Crippen molar-refractivity contribution in [2.24, 2.45) is 0 Å². The number of rotatable bonds is 2. The van der Waals surface area contributed by atoms with Gasteiger partial charge in [0.25, 0.3) is 0 Å². The Morgan fingerprint density at radius 3 is 2.57 bits per heavy atom. The Bertz CT molecular complexity index is 379. The lowest BCUT2D eigenvalue weighted by atomic mass is 10.2. The van der Waals surface area contributed by atoms with Gasteiger partial charge in [0.15, 0.2) is 0 Å². The van der Waals surface area contributed by atoms with E-state index < -0.39 is 0 Å². The van der Waals surface area contributed by atoms with Gasteiger partial charge in [-0.05, 0) is 19.1 Å². The van der Waals surface area contributed by atoms with Crippen LogP contribution in [-0.2, 0) is 4.79 Å². The zero-order chi connectivity index (χ0) is 9.97. The zero-order valence-corrected chi connectivity index (χ0v) is 8.00. The third kappa shape index (κ3) is 1.93. The lowest BCUT2D eigenvalue weighted by Crippen LogP contribution is -2.16. The van der Waals surface area contributed by atoms with Crippen molar-refractivity contribution in [1.82, 2.24) is 5.32 Å². The number of benzene rings is 1. The Labute approximate surface area is 82.8 Å². The van der Waals surface area contributed by atoms with E-state index in [9.17, 15) is 4.79 Å². The van der Waals surface area contributed by atoms with Gasteiger partial charge < -0.3 is 10.6 Å². The van der Waals surface area contributed by atoms with Crippen LogP contribution < -0.4 is 10.6 Å². The van der Waals surface area contributed by atoms with E-state index in [0.29, 0.717) is 6.54 Å². The molecule has 2 N–H and O–H groups in total. The first kappa shape index (κ1) is 8.81. The highest BCUT2D eigenvalue weighted by molar-refractivity contribution is 5.91. The Kier molecular flexibility index (Phi) is 2.23. The molecule has 72 valence electrons. The highest BCUT2D eigenvalue weighted by Gasteiger charge is 2.09. The van der Waals surface area contributed by atoms with E-state index in [2.05, 4.69) is 10.6 Å². The van der Waals surface area contributed by atoms with Crippen LogP contribution in [-0.4, -0.2) is 12.5 Å². The van der Waals surface area contributed by atoms with Crippen LogP contribution in [0.25, 0.3) is 0 Å². The summed E-state index contributed by atoms with van der Waals surface area (Å²) in [6.07, 6.45) is 1.58. The van der Waals surface area contributed by atoms with Gasteiger partial charge in [-0.25, -0.2) is 0 Å². The van der Waals surface area contributed by atoms with Crippen molar-refractivity contribution < 1.29 is 4.79 Å². The fourth-order valence-corrected chi connectivity index (χ4v) is 1.35. The van der Waals surface area contributed by atoms with Crippen LogP contribution >= 0.6 is 0 Å². The van der Waals surface area contributed by atoms with Crippen LogP contribution in [0, 0.1) is 6.92 Å². The second kappa shape index (κ2) is 3.54. The number of carbonyl (C=O) groups excluding carboxylic acids is 1. The fraction of sp³-hybridized carbons (Fsp3) is 0.182. The predicted molar refractivity (Wildman–Crippen MR) is 55.9 cm³/mol. The van der Waals surface area contributed by atoms with Crippen molar-refractivity contribution in [1.29, 1.82) is 0 Å². The van der Waals surface area contributed by atoms with Gasteiger partial charge in [0.1, 0.15) is 0 Å². The molecule has 0 aliphatic carbocycles. The van der Waals surface area contributed by atoms with Gasteiger partial charge in [-0.15, -0.1) is 0 Å². The average molecular weight is 188 g/mol. The van der Waals surface area contributed by atoms with Gasteiger partial charge in [0, 0.05) is 17.5 Å². The molecule has 3 nitrogen and oxygen atoms in total. The maximum atomic E-state index is 10.9. The maximum Gasteiger partial charge on any atom is 0.246 e. The Morgan fingerprint density at radius 1 is 1.29 bits per heavy atom. The highest BCUT2D eigenvalue weighted by Crippen LogP contribution is 2.12. The molecule has 0 radical (unpaired) electrons. The lowest BCUT2D eigenvalue weighted by molar-refractivity contribution is -0.115. The zero-order valence-electron chi connectivity index (χ0n) is 8.00. The highest BCUT2D eigenvalue weighted by atomic mass is 16.1.